The van der Waals surface area contributed by atoms with Gasteiger partial charge in [0, 0.05) is 31.5 Å². The van der Waals surface area contributed by atoms with Crippen LogP contribution in [-0.4, -0.2) is 9.97 Å². The monoisotopic (exact) mass is 239 g/mol. The van der Waals surface area contributed by atoms with Crippen LogP contribution < -0.4 is 5.32 Å². The lowest BCUT2D eigenvalue weighted by atomic mass is 10.2. The maximum absolute atomic E-state index is 5.44. The summed E-state index contributed by atoms with van der Waals surface area (Å²) in [6, 6.07) is 9.88. The quantitative estimate of drug-likeness (QED) is 0.762. The number of pyridine rings is 1. The fraction of sp³-hybridized carbons (Fsp3) is 0.143. The molecule has 0 amide bonds. The first-order valence-electron chi connectivity index (χ1n) is 5.81. The number of benzene rings is 1. The number of aryl methyl sites for hydroxylation is 1. The van der Waals surface area contributed by atoms with E-state index in [4.69, 9.17) is 4.42 Å². The molecule has 3 aromatic rings. The van der Waals surface area contributed by atoms with Crippen molar-refractivity contribution in [2.45, 2.75) is 13.5 Å². The van der Waals surface area contributed by atoms with Crippen molar-refractivity contribution in [3.8, 4) is 0 Å². The number of fused-ring (bicyclic) bond motifs is 1. The Morgan fingerprint density at radius 2 is 2.22 bits per heavy atom. The Morgan fingerprint density at radius 1 is 1.28 bits per heavy atom. The zero-order valence-electron chi connectivity index (χ0n) is 10.1. The van der Waals surface area contributed by atoms with Gasteiger partial charge in [0.05, 0.1) is 0 Å². The van der Waals surface area contributed by atoms with Gasteiger partial charge < -0.3 is 9.73 Å². The lowest BCUT2D eigenvalue weighted by Gasteiger charge is -2.05. The number of nitrogens with zero attached hydrogens (tertiary/aromatic N) is 2. The smallest absolute Gasteiger partial charge is 0.192 e. The van der Waals surface area contributed by atoms with Crippen molar-refractivity contribution in [2.24, 2.45) is 0 Å². The zero-order chi connectivity index (χ0) is 12.4. The normalized spacial score (nSPS) is 10.7. The van der Waals surface area contributed by atoms with Crippen LogP contribution in [0.2, 0.25) is 0 Å². The van der Waals surface area contributed by atoms with Crippen LogP contribution in [-0.2, 0) is 6.54 Å². The van der Waals surface area contributed by atoms with E-state index in [0.717, 1.165) is 28.9 Å². The Bertz CT molecular complexity index is 661. The van der Waals surface area contributed by atoms with E-state index in [2.05, 4.69) is 15.3 Å². The number of aromatic nitrogens is 2. The van der Waals surface area contributed by atoms with E-state index in [1.165, 1.54) is 0 Å². The Hall–Kier alpha value is -2.36. The van der Waals surface area contributed by atoms with E-state index in [-0.39, 0.29) is 0 Å². The lowest BCUT2D eigenvalue weighted by molar-refractivity contribution is 0.561. The van der Waals surface area contributed by atoms with E-state index >= 15 is 0 Å². The number of oxazole rings is 1. The van der Waals surface area contributed by atoms with Crippen molar-refractivity contribution >= 4 is 16.8 Å². The molecule has 0 atom stereocenters. The summed E-state index contributed by atoms with van der Waals surface area (Å²) in [5.41, 5.74) is 3.87. The fourth-order valence-corrected chi connectivity index (χ4v) is 1.86. The van der Waals surface area contributed by atoms with Crippen LogP contribution in [0, 0.1) is 6.92 Å². The highest BCUT2D eigenvalue weighted by Gasteiger charge is 2.02. The largest absolute Gasteiger partial charge is 0.441 e. The van der Waals surface area contributed by atoms with Gasteiger partial charge in [0.1, 0.15) is 5.52 Å². The second kappa shape index (κ2) is 4.49. The highest BCUT2D eigenvalue weighted by Crippen LogP contribution is 2.20. The van der Waals surface area contributed by atoms with Gasteiger partial charge in [-0.25, -0.2) is 4.98 Å². The van der Waals surface area contributed by atoms with Crippen LogP contribution >= 0.6 is 0 Å². The minimum absolute atomic E-state index is 0.689. The molecule has 2 aromatic heterocycles. The van der Waals surface area contributed by atoms with Crippen LogP contribution in [0.4, 0.5) is 5.69 Å². The third-order valence-corrected chi connectivity index (χ3v) is 2.71. The second-order valence-electron chi connectivity index (χ2n) is 4.13. The van der Waals surface area contributed by atoms with Gasteiger partial charge in [0.2, 0.25) is 0 Å². The first-order chi connectivity index (χ1) is 8.81. The average molecular weight is 239 g/mol. The predicted octanol–water partition coefficient (Wildman–Crippen LogP) is 3.14. The van der Waals surface area contributed by atoms with Crippen LogP contribution in [0.3, 0.4) is 0 Å². The van der Waals surface area contributed by atoms with Crippen molar-refractivity contribution in [1.29, 1.82) is 0 Å². The van der Waals surface area contributed by atoms with Crippen molar-refractivity contribution in [2.75, 3.05) is 5.32 Å². The molecule has 0 aliphatic heterocycles. The Labute approximate surface area is 105 Å². The van der Waals surface area contributed by atoms with Gasteiger partial charge in [-0.05, 0) is 29.8 Å². The van der Waals surface area contributed by atoms with Crippen LogP contribution in [0.5, 0.6) is 0 Å². The Kier molecular flexibility index (Phi) is 2.68. The molecule has 0 radical (unpaired) electrons. The van der Waals surface area contributed by atoms with E-state index in [0.29, 0.717) is 5.89 Å². The predicted molar refractivity (Wildman–Crippen MR) is 70.3 cm³/mol. The molecule has 1 N–H and O–H groups in total. The van der Waals surface area contributed by atoms with Crippen molar-refractivity contribution in [1.82, 2.24) is 9.97 Å². The summed E-state index contributed by atoms with van der Waals surface area (Å²) in [5.74, 6) is 0.689. The lowest BCUT2D eigenvalue weighted by Crippen LogP contribution is -1.99. The van der Waals surface area contributed by atoms with Crippen LogP contribution in [0.25, 0.3) is 11.1 Å². The molecule has 3 rings (SSSR count). The minimum Gasteiger partial charge on any atom is -0.441 e. The van der Waals surface area contributed by atoms with Crippen LogP contribution in [0.15, 0.2) is 47.1 Å². The molecule has 0 fully saturated rings. The molecule has 18 heavy (non-hydrogen) atoms. The fourth-order valence-electron chi connectivity index (χ4n) is 1.86. The molecule has 4 nitrogen and oxygen atoms in total. The zero-order valence-corrected chi connectivity index (χ0v) is 10.1. The van der Waals surface area contributed by atoms with Gasteiger partial charge in [-0.15, -0.1) is 0 Å². The van der Waals surface area contributed by atoms with Gasteiger partial charge in [0.25, 0.3) is 0 Å². The standard InChI is InChI=1S/C14H13N3O/c1-10-17-13-7-12(4-5-14(13)18-10)16-9-11-3-2-6-15-8-11/h2-8,16H,9H2,1H3. The van der Waals surface area contributed by atoms with E-state index < -0.39 is 0 Å². The molecule has 0 saturated carbocycles. The van der Waals surface area contributed by atoms with Gasteiger partial charge >= 0.3 is 0 Å². The SMILES string of the molecule is Cc1nc2cc(NCc3cccnc3)ccc2o1. The summed E-state index contributed by atoms with van der Waals surface area (Å²) in [5, 5.41) is 3.34. The van der Waals surface area contributed by atoms with Gasteiger partial charge in [-0.3, -0.25) is 4.98 Å². The van der Waals surface area contributed by atoms with Gasteiger partial charge in [0.15, 0.2) is 11.5 Å². The highest BCUT2D eigenvalue weighted by molar-refractivity contribution is 5.77. The molecule has 1 aromatic carbocycles. The summed E-state index contributed by atoms with van der Waals surface area (Å²) in [4.78, 5) is 8.39. The molecule has 90 valence electrons. The Balaban J connectivity index is 1.78. The Morgan fingerprint density at radius 3 is 3.06 bits per heavy atom. The first kappa shape index (κ1) is 10.8. The summed E-state index contributed by atoms with van der Waals surface area (Å²) >= 11 is 0. The molecular weight excluding hydrogens is 226 g/mol. The van der Waals surface area contributed by atoms with Crippen LogP contribution in [0.1, 0.15) is 11.5 Å². The van der Waals surface area contributed by atoms with Crippen molar-refractivity contribution in [3.63, 3.8) is 0 Å². The van der Waals surface area contributed by atoms with Gasteiger partial charge in [-0.2, -0.15) is 0 Å². The molecule has 0 unspecified atom stereocenters. The molecule has 0 saturated heterocycles. The van der Waals surface area contributed by atoms with Crippen molar-refractivity contribution in [3.05, 3.63) is 54.2 Å². The third-order valence-electron chi connectivity index (χ3n) is 2.71. The summed E-state index contributed by atoms with van der Waals surface area (Å²) in [6.07, 6.45) is 3.62. The molecule has 4 heteroatoms. The highest BCUT2D eigenvalue weighted by atomic mass is 16.3. The summed E-state index contributed by atoms with van der Waals surface area (Å²) in [7, 11) is 0. The topological polar surface area (TPSA) is 51.0 Å². The van der Waals surface area contributed by atoms with E-state index in [9.17, 15) is 0 Å². The average Bonchev–Trinajstić information content (AvgIpc) is 2.77. The third kappa shape index (κ3) is 2.18. The number of rotatable bonds is 3. The summed E-state index contributed by atoms with van der Waals surface area (Å²) in [6.45, 7) is 2.60. The first-order valence-corrected chi connectivity index (χ1v) is 5.81. The maximum Gasteiger partial charge on any atom is 0.192 e. The maximum atomic E-state index is 5.44. The molecule has 0 bridgehead atoms. The van der Waals surface area contributed by atoms with Crippen molar-refractivity contribution < 1.29 is 4.42 Å². The number of nitrogens with one attached hydrogen (secondary N) is 1. The number of anilines is 1. The number of hydrogen-bond donors (Lipinski definition) is 1. The molecule has 0 aliphatic carbocycles. The molecule has 2 heterocycles. The number of hydrogen-bond acceptors (Lipinski definition) is 4. The second-order valence-corrected chi connectivity index (χ2v) is 4.13. The molecular formula is C14H13N3O. The molecule has 0 spiro atoms. The minimum atomic E-state index is 0.689. The van der Waals surface area contributed by atoms with E-state index in [1.54, 1.807) is 6.20 Å². The van der Waals surface area contributed by atoms with E-state index in [1.807, 2.05) is 43.5 Å². The van der Waals surface area contributed by atoms with Gasteiger partial charge in [-0.1, -0.05) is 6.07 Å². The summed E-state index contributed by atoms with van der Waals surface area (Å²) < 4.78 is 5.44. The molecule has 0 aliphatic rings.